The maximum atomic E-state index is 12.6. The number of aromatic nitrogens is 2. The Kier molecular flexibility index (Phi) is 5.45. The SMILES string of the molecule is Cn1nccc1CNC(=O)NC[C@@H](O)c1cccc(C(F)(F)F)c1. The number of rotatable bonds is 5. The van der Waals surface area contributed by atoms with Crippen molar-refractivity contribution in [2.24, 2.45) is 7.05 Å². The Morgan fingerprint density at radius 1 is 1.33 bits per heavy atom. The van der Waals surface area contributed by atoms with Crippen molar-refractivity contribution in [3.05, 3.63) is 53.3 Å². The number of carbonyl (C=O) groups excluding carboxylic acids is 1. The zero-order valence-corrected chi connectivity index (χ0v) is 12.8. The summed E-state index contributed by atoms with van der Waals surface area (Å²) in [4.78, 5) is 11.7. The van der Waals surface area contributed by atoms with Crippen LogP contribution in [0, 0.1) is 0 Å². The number of benzene rings is 1. The molecule has 1 atom stereocenters. The van der Waals surface area contributed by atoms with E-state index in [0.717, 1.165) is 17.8 Å². The predicted molar refractivity (Wildman–Crippen MR) is 79.9 cm³/mol. The van der Waals surface area contributed by atoms with Crippen LogP contribution in [0.4, 0.5) is 18.0 Å². The van der Waals surface area contributed by atoms with Crippen LogP contribution in [-0.2, 0) is 19.8 Å². The largest absolute Gasteiger partial charge is 0.416 e. The zero-order valence-electron chi connectivity index (χ0n) is 12.8. The van der Waals surface area contributed by atoms with Crippen molar-refractivity contribution in [1.29, 1.82) is 0 Å². The average molecular weight is 342 g/mol. The number of hydrogen-bond acceptors (Lipinski definition) is 3. The summed E-state index contributed by atoms with van der Waals surface area (Å²) in [5, 5.41) is 18.9. The second-order valence-electron chi connectivity index (χ2n) is 5.15. The van der Waals surface area contributed by atoms with Gasteiger partial charge in [-0.05, 0) is 23.8 Å². The van der Waals surface area contributed by atoms with Crippen LogP contribution in [-0.4, -0.2) is 27.5 Å². The number of aliphatic hydroxyl groups is 1. The number of aliphatic hydroxyl groups excluding tert-OH is 1. The fourth-order valence-electron chi connectivity index (χ4n) is 2.04. The summed E-state index contributed by atoms with van der Waals surface area (Å²) in [6, 6.07) is 5.56. The van der Waals surface area contributed by atoms with Crippen LogP contribution >= 0.6 is 0 Å². The predicted octanol–water partition coefficient (Wildman–Crippen LogP) is 1.97. The highest BCUT2D eigenvalue weighted by Crippen LogP contribution is 2.30. The molecule has 1 aromatic carbocycles. The molecule has 0 aliphatic heterocycles. The first-order valence-electron chi connectivity index (χ1n) is 7.11. The molecule has 130 valence electrons. The van der Waals surface area contributed by atoms with Crippen LogP contribution in [0.2, 0.25) is 0 Å². The fraction of sp³-hybridized carbons (Fsp3) is 0.333. The lowest BCUT2D eigenvalue weighted by Gasteiger charge is -2.15. The zero-order chi connectivity index (χ0) is 17.7. The standard InChI is InChI=1S/C15H17F3N4O2/c1-22-12(5-6-21-22)8-19-14(24)20-9-13(23)10-3-2-4-11(7-10)15(16,17)18/h2-7,13,23H,8-9H2,1H3,(H2,19,20,24)/t13-/m1/s1. The number of halogens is 3. The quantitative estimate of drug-likeness (QED) is 0.777. The van der Waals surface area contributed by atoms with E-state index in [-0.39, 0.29) is 18.7 Å². The van der Waals surface area contributed by atoms with Crippen molar-refractivity contribution < 1.29 is 23.1 Å². The van der Waals surface area contributed by atoms with E-state index in [1.165, 1.54) is 12.1 Å². The molecule has 0 aliphatic carbocycles. The van der Waals surface area contributed by atoms with E-state index in [0.29, 0.717) is 0 Å². The number of nitrogens with zero attached hydrogens (tertiary/aromatic N) is 2. The maximum Gasteiger partial charge on any atom is 0.416 e. The minimum absolute atomic E-state index is 0.0803. The number of alkyl halides is 3. The van der Waals surface area contributed by atoms with Gasteiger partial charge in [0.2, 0.25) is 0 Å². The molecule has 0 spiro atoms. The Balaban J connectivity index is 1.85. The Morgan fingerprint density at radius 3 is 2.71 bits per heavy atom. The number of hydrogen-bond donors (Lipinski definition) is 3. The van der Waals surface area contributed by atoms with E-state index in [2.05, 4.69) is 15.7 Å². The normalized spacial score (nSPS) is 12.7. The third-order valence-corrected chi connectivity index (χ3v) is 3.41. The van der Waals surface area contributed by atoms with Crippen molar-refractivity contribution in [1.82, 2.24) is 20.4 Å². The first-order chi connectivity index (χ1) is 11.3. The number of aryl methyl sites for hydroxylation is 1. The highest BCUT2D eigenvalue weighted by molar-refractivity contribution is 5.73. The van der Waals surface area contributed by atoms with Gasteiger partial charge in [-0.2, -0.15) is 18.3 Å². The van der Waals surface area contributed by atoms with Gasteiger partial charge in [-0.1, -0.05) is 12.1 Å². The Labute approximate surface area is 136 Å². The van der Waals surface area contributed by atoms with Crippen LogP contribution in [0.25, 0.3) is 0 Å². The lowest BCUT2D eigenvalue weighted by molar-refractivity contribution is -0.137. The molecule has 2 rings (SSSR count). The number of carbonyl (C=O) groups is 1. The third kappa shape index (κ3) is 4.72. The number of amides is 2. The summed E-state index contributed by atoms with van der Waals surface area (Å²) in [5.41, 5.74) is 0.0139. The minimum Gasteiger partial charge on any atom is -0.387 e. The second kappa shape index (κ2) is 7.35. The van der Waals surface area contributed by atoms with Gasteiger partial charge >= 0.3 is 12.2 Å². The maximum absolute atomic E-state index is 12.6. The number of urea groups is 1. The summed E-state index contributed by atoms with van der Waals surface area (Å²) >= 11 is 0. The third-order valence-electron chi connectivity index (χ3n) is 3.41. The molecule has 0 saturated carbocycles. The summed E-state index contributed by atoms with van der Waals surface area (Å²) < 4.78 is 39.5. The van der Waals surface area contributed by atoms with E-state index >= 15 is 0 Å². The van der Waals surface area contributed by atoms with Gasteiger partial charge in [0.1, 0.15) is 0 Å². The minimum atomic E-state index is -4.48. The monoisotopic (exact) mass is 342 g/mol. The molecule has 0 saturated heterocycles. The molecule has 1 aromatic heterocycles. The fourth-order valence-corrected chi connectivity index (χ4v) is 2.04. The van der Waals surface area contributed by atoms with E-state index in [4.69, 9.17) is 0 Å². The number of nitrogens with one attached hydrogen (secondary N) is 2. The summed E-state index contributed by atoms with van der Waals surface area (Å²) in [6.45, 7) is 0.0283. The van der Waals surface area contributed by atoms with Gasteiger partial charge in [-0.3, -0.25) is 4.68 Å². The van der Waals surface area contributed by atoms with Crippen LogP contribution in [0.3, 0.4) is 0 Å². The molecular formula is C15H17F3N4O2. The molecule has 2 aromatic rings. The summed E-state index contributed by atoms with van der Waals surface area (Å²) in [5.74, 6) is 0. The highest BCUT2D eigenvalue weighted by atomic mass is 19.4. The van der Waals surface area contributed by atoms with E-state index in [1.807, 2.05) is 0 Å². The summed E-state index contributed by atoms with van der Waals surface area (Å²) in [6.07, 6.45) is -4.13. The topological polar surface area (TPSA) is 79.2 Å². The second-order valence-corrected chi connectivity index (χ2v) is 5.15. The lowest BCUT2D eigenvalue weighted by Crippen LogP contribution is -2.37. The Morgan fingerprint density at radius 2 is 2.08 bits per heavy atom. The molecule has 0 radical (unpaired) electrons. The van der Waals surface area contributed by atoms with Crippen LogP contribution in [0.1, 0.15) is 22.9 Å². The van der Waals surface area contributed by atoms with E-state index in [9.17, 15) is 23.1 Å². The van der Waals surface area contributed by atoms with E-state index in [1.54, 1.807) is 24.0 Å². The molecule has 3 N–H and O–H groups in total. The van der Waals surface area contributed by atoms with Gasteiger partial charge < -0.3 is 15.7 Å². The Bertz CT molecular complexity index is 700. The van der Waals surface area contributed by atoms with Gasteiger partial charge in [-0.25, -0.2) is 4.79 Å². The van der Waals surface area contributed by atoms with Gasteiger partial charge in [-0.15, -0.1) is 0 Å². The molecule has 0 unspecified atom stereocenters. The van der Waals surface area contributed by atoms with E-state index < -0.39 is 23.9 Å². The molecule has 2 amide bonds. The smallest absolute Gasteiger partial charge is 0.387 e. The first-order valence-corrected chi connectivity index (χ1v) is 7.11. The average Bonchev–Trinajstić information content (AvgIpc) is 2.95. The van der Waals surface area contributed by atoms with Gasteiger partial charge in [0.05, 0.1) is 23.9 Å². The van der Waals surface area contributed by atoms with Crippen molar-refractivity contribution in [3.8, 4) is 0 Å². The van der Waals surface area contributed by atoms with Crippen LogP contribution in [0.15, 0.2) is 36.5 Å². The Hall–Kier alpha value is -2.55. The van der Waals surface area contributed by atoms with Crippen molar-refractivity contribution in [2.45, 2.75) is 18.8 Å². The molecule has 0 fully saturated rings. The molecule has 24 heavy (non-hydrogen) atoms. The molecule has 1 heterocycles. The van der Waals surface area contributed by atoms with Gasteiger partial charge in [0.25, 0.3) is 0 Å². The van der Waals surface area contributed by atoms with Crippen molar-refractivity contribution >= 4 is 6.03 Å². The van der Waals surface area contributed by atoms with Crippen LogP contribution < -0.4 is 10.6 Å². The van der Waals surface area contributed by atoms with Crippen molar-refractivity contribution in [2.75, 3.05) is 6.54 Å². The lowest BCUT2D eigenvalue weighted by atomic mass is 10.1. The molecule has 0 aliphatic rings. The first kappa shape index (κ1) is 17.8. The highest BCUT2D eigenvalue weighted by Gasteiger charge is 2.30. The molecular weight excluding hydrogens is 325 g/mol. The van der Waals surface area contributed by atoms with Gasteiger partial charge in [0.15, 0.2) is 0 Å². The molecule has 0 bridgehead atoms. The van der Waals surface area contributed by atoms with Gasteiger partial charge in [0, 0.05) is 19.8 Å². The van der Waals surface area contributed by atoms with Crippen molar-refractivity contribution in [3.63, 3.8) is 0 Å². The summed E-state index contributed by atoms with van der Waals surface area (Å²) in [7, 11) is 1.73. The van der Waals surface area contributed by atoms with Crippen LogP contribution in [0.5, 0.6) is 0 Å². The molecule has 6 nitrogen and oxygen atoms in total. The molecule has 9 heteroatoms.